The van der Waals surface area contributed by atoms with Crippen molar-refractivity contribution in [1.29, 1.82) is 0 Å². The minimum atomic E-state index is -0.602. The molecule has 0 atom stereocenters. The molecule has 0 bridgehead atoms. The minimum absolute atomic E-state index is 0.461. The highest BCUT2D eigenvalue weighted by Gasteiger charge is 2.50. The molecule has 0 aliphatic carbocycles. The largest absolute Gasteiger partial charge is 0.264 e. The van der Waals surface area contributed by atoms with E-state index in [4.69, 9.17) is 4.99 Å². The predicted molar refractivity (Wildman–Crippen MR) is 147 cm³/mol. The third kappa shape index (κ3) is 3.25. The van der Waals surface area contributed by atoms with Gasteiger partial charge in [0.05, 0.1) is 11.1 Å². The number of nitrogens with zero attached hydrogens (tertiary/aromatic N) is 3. The minimum Gasteiger partial charge on any atom is -0.264 e. The third-order valence-electron chi connectivity index (χ3n) is 7.90. The van der Waals surface area contributed by atoms with Crippen molar-refractivity contribution < 1.29 is 5.21 Å². The molecule has 1 aromatic heterocycles. The molecule has 0 saturated carbocycles. The maximum atomic E-state index is 13.1. The molecule has 5 aromatic rings. The van der Waals surface area contributed by atoms with Crippen molar-refractivity contribution in [3.8, 4) is 22.3 Å². The van der Waals surface area contributed by atoms with Crippen LogP contribution in [0.4, 0.5) is 0 Å². The van der Waals surface area contributed by atoms with Crippen LogP contribution in [-0.4, -0.2) is 27.0 Å². The molecule has 0 N–H and O–H groups in total. The molecule has 4 aromatic carbocycles. The second-order valence-electron chi connectivity index (χ2n) is 10.5. The highest BCUT2D eigenvalue weighted by atomic mass is 16.5. The van der Waals surface area contributed by atoms with Gasteiger partial charge in [-0.25, -0.2) is 0 Å². The van der Waals surface area contributed by atoms with Gasteiger partial charge in [0.2, 0.25) is 0 Å². The van der Waals surface area contributed by atoms with Gasteiger partial charge in [-0.05, 0) is 72.0 Å². The van der Waals surface area contributed by atoms with E-state index >= 15 is 0 Å². The summed E-state index contributed by atoms with van der Waals surface area (Å²) in [4.78, 5) is 9.18. The summed E-state index contributed by atoms with van der Waals surface area (Å²) < 4.78 is 0. The lowest BCUT2D eigenvalue weighted by Gasteiger charge is -2.35. The molecule has 1 aliphatic heterocycles. The van der Waals surface area contributed by atoms with Gasteiger partial charge in [0.15, 0.2) is 5.84 Å². The topological polar surface area (TPSA) is 48.4 Å². The molecular formula is C32H28N3O. The van der Waals surface area contributed by atoms with Crippen molar-refractivity contribution in [2.45, 2.75) is 38.8 Å². The number of aromatic nitrogens is 1. The van der Waals surface area contributed by atoms with Crippen molar-refractivity contribution in [3.63, 3.8) is 0 Å². The smallest absolute Gasteiger partial charge is 0.159 e. The Labute approximate surface area is 211 Å². The van der Waals surface area contributed by atoms with E-state index in [2.05, 4.69) is 71.7 Å². The van der Waals surface area contributed by atoms with E-state index in [9.17, 15) is 5.21 Å². The number of hydroxylamine groups is 2. The second-order valence-corrected chi connectivity index (χ2v) is 10.5. The summed E-state index contributed by atoms with van der Waals surface area (Å²) >= 11 is 0. The van der Waals surface area contributed by atoms with Crippen molar-refractivity contribution in [2.75, 3.05) is 0 Å². The van der Waals surface area contributed by atoms with Crippen LogP contribution in [0.15, 0.2) is 102 Å². The van der Waals surface area contributed by atoms with Crippen molar-refractivity contribution >= 4 is 27.4 Å². The zero-order chi connectivity index (χ0) is 25.1. The molecule has 36 heavy (non-hydrogen) atoms. The fourth-order valence-electron chi connectivity index (χ4n) is 5.19. The number of aliphatic imine (C=N–C) groups is 1. The highest BCUT2D eigenvalue weighted by Crippen LogP contribution is 2.44. The Balaban J connectivity index is 1.56. The molecular weight excluding hydrogens is 442 g/mol. The first-order chi connectivity index (χ1) is 17.3. The number of rotatable bonds is 3. The fourth-order valence-corrected chi connectivity index (χ4v) is 5.19. The summed E-state index contributed by atoms with van der Waals surface area (Å²) in [5.74, 6) is 0.498. The highest BCUT2D eigenvalue weighted by molar-refractivity contribution is 6.21. The van der Waals surface area contributed by atoms with Crippen LogP contribution >= 0.6 is 0 Å². The lowest BCUT2D eigenvalue weighted by Crippen LogP contribution is -2.50. The first kappa shape index (κ1) is 22.4. The summed E-state index contributed by atoms with van der Waals surface area (Å²) in [6.45, 7) is 7.93. The van der Waals surface area contributed by atoms with Gasteiger partial charge in [0, 0.05) is 23.5 Å². The zero-order valence-electron chi connectivity index (χ0n) is 21.0. The van der Waals surface area contributed by atoms with Crippen LogP contribution in [0.5, 0.6) is 0 Å². The molecule has 0 spiro atoms. The van der Waals surface area contributed by atoms with E-state index in [0.717, 1.165) is 21.8 Å². The van der Waals surface area contributed by atoms with E-state index in [-0.39, 0.29) is 0 Å². The molecule has 4 heteroatoms. The first-order valence-corrected chi connectivity index (χ1v) is 12.3. The maximum Gasteiger partial charge on any atom is 0.159 e. The average molecular weight is 471 g/mol. The Bertz CT molecular complexity index is 1580. The lowest BCUT2D eigenvalue weighted by molar-refractivity contribution is -0.158. The SMILES string of the molecule is CC1(C)N=C(c2ccc(-c3c4ccccc4c(-c4cccnc4)c4ccccc34)cc2)N([O])C1(C)C. The van der Waals surface area contributed by atoms with Crippen LogP contribution in [0.3, 0.4) is 0 Å². The van der Waals surface area contributed by atoms with Crippen LogP contribution in [0.2, 0.25) is 0 Å². The number of pyridine rings is 1. The molecule has 6 rings (SSSR count). The number of benzene rings is 4. The monoisotopic (exact) mass is 470 g/mol. The summed E-state index contributed by atoms with van der Waals surface area (Å²) in [6, 6.07) is 29.5. The Kier molecular flexibility index (Phi) is 4.99. The van der Waals surface area contributed by atoms with Crippen LogP contribution in [0.1, 0.15) is 33.3 Å². The average Bonchev–Trinajstić information content (AvgIpc) is 3.06. The summed E-state index contributed by atoms with van der Waals surface area (Å²) in [7, 11) is 0. The van der Waals surface area contributed by atoms with Crippen LogP contribution in [0.25, 0.3) is 43.8 Å². The molecule has 0 saturated heterocycles. The summed E-state index contributed by atoms with van der Waals surface area (Å²) in [6.07, 6.45) is 3.74. The van der Waals surface area contributed by atoms with Gasteiger partial charge in [0.25, 0.3) is 0 Å². The van der Waals surface area contributed by atoms with Gasteiger partial charge in [0.1, 0.15) is 0 Å². The van der Waals surface area contributed by atoms with Gasteiger partial charge in [-0.2, -0.15) is 5.06 Å². The number of fused-ring (bicyclic) bond motifs is 2. The lowest BCUT2D eigenvalue weighted by atomic mass is 9.84. The van der Waals surface area contributed by atoms with E-state index in [1.54, 1.807) is 0 Å². The van der Waals surface area contributed by atoms with Gasteiger partial charge in [-0.1, -0.05) is 84.1 Å². The van der Waals surface area contributed by atoms with Gasteiger partial charge in [-0.15, -0.1) is 0 Å². The van der Waals surface area contributed by atoms with Gasteiger partial charge >= 0.3 is 0 Å². The fraction of sp³-hybridized carbons (Fsp3) is 0.188. The van der Waals surface area contributed by atoms with Crippen molar-refractivity contribution in [2.24, 2.45) is 4.99 Å². The molecule has 0 fully saturated rings. The van der Waals surface area contributed by atoms with Gasteiger partial charge < -0.3 is 0 Å². The Morgan fingerprint density at radius 1 is 0.611 bits per heavy atom. The van der Waals surface area contributed by atoms with Gasteiger partial charge in [-0.3, -0.25) is 9.98 Å². The molecule has 0 amide bonds. The predicted octanol–water partition coefficient (Wildman–Crippen LogP) is 7.69. The number of hydrogen-bond donors (Lipinski definition) is 0. The van der Waals surface area contributed by atoms with Crippen molar-refractivity contribution in [1.82, 2.24) is 10.0 Å². The molecule has 1 aliphatic rings. The van der Waals surface area contributed by atoms with Crippen LogP contribution < -0.4 is 0 Å². The van der Waals surface area contributed by atoms with E-state index in [1.807, 2.05) is 58.3 Å². The zero-order valence-corrected chi connectivity index (χ0v) is 21.0. The Morgan fingerprint density at radius 2 is 1.11 bits per heavy atom. The van der Waals surface area contributed by atoms with Crippen molar-refractivity contribution in [3.05, 3.63) is 103 Å². The first-order valence-electron chi connectivity index (χ1n) is 12.3. The third-order valence-corrected chi connectivity index (χ3v) is 7.90. The standard InChI is InChI=1S/C32H28N3O/c1-31(2)32(3,4)35(36)30(34-31)22-17-15-21(16-18-22)28-24-11-5-7-13-26(24)29(23-10-9-19-33-20-23)27-14-8-6-12-25(27)28/h5-20H,1-4H3. The maximum absolute atomic E-state index is 13.1. The summed E-state index contributed by atoms with van der Waals surface area (Å²) in [5, 5.41) is 18.9. The number of amidine groups is 1. The molecule has 1 radical (unpaired) electrons. The molecule has 0 unspecified atom stereocenters. The van der Waals surface area contributed by atoms with E-state index < -0.39 is 11.1 Å². The molecule has 177 valence electrons. The normalized spacial score (nSPS) is 16.5. The Hall–Kier alpha value is -4.02. The molecule has 2 heterocycles. The second kappa shape index (κ2) is 8.00. The number of hydrogen-bond acceptors (Lipinski definition) is 3. The Morgan fingerprint density at radius 3 is 1.56 bits per heavy atom. The van der Waals surface area contributed by atoms with E-state index in [1.165, 1.54) is 32.7 Å². The summed E-state index contributed by atoms with van der Waals surface area (Å²) in [5.41, 5.74) is 4.38. The van der Waals surface area contributed by atoms with Crippen LogP contribution in [-0.2, 0) is 5.21 Å². The van der Waals surface area contributed by atoms with Crippen LogP contribution in [0, 0.1) is 0 Å². The quantitative estimate of drug-likeness (QED) is 0.254. The molecule has 4 nitrogen and oxygen atoms in total. The van der Waals surface area contributed by atoms with E-state index in [0.29, 0.717) is 5.84 Å².